The molecule has 2 aromatic rings. The topological polar surface area (TPSA) is 95.8 Å². The summed E-state index contributed by atoms with van der Waals surface area (Å²) >= 11 is 0. The highest BCUT2D eigenvalue weighted by Crippen LogP contribution is 2.22. The van der Waals surface area contributed by atoms with Crippen LogP contribution in [0.5, 0.6) is 0 Å². The van der Waals surface area contributed by atoms with Crippen LogP contribution in [0.25, 0.3) is 0 Å². The summed E-state index contributed by atoms with van der Waals surface area (Å²) in [4.78, 5) is 39.1. The van der Waals surface area contributed by atoms with Crippen LogP contribution in [0.4, 0.5) is 17.1 Å². The Hall–Kier alpha value is -3.42. The number of piperazine rings is 1. The summed E-state index contributed by atoms with van der Waals surface area (Å²) in [6, 6.07) is 13.2. The SMILES string of the molecule is CC(C)C(=O)N1CCN(c2ccc(NC(=O)c3ccccc3[N+](=O)[O-])cc2)CC1. The molecule has 29 heavy (non-hydrogen) atoms. The van der Waals surface area contributed by atoms with Crippen molar-refractivity contribution in [2.45, 2.75) is 13.8 Å². The molecule has 152 valence electrons. The van der Waals surface area contributed by atoms with Crippen LogP contribution in [0.3, 0.4) is 0 Å². The number of nitrogens with one attached hydrogen (secondary N) is 1. The average Bonchev–Trinajstić information content (AvgIpc) is 2.73. The molecule has 0 atom stereocenters. The molecule has 8 nitrogen and oxygen atoms in total. The number of nitro benzene ring substituents is 1. The van der Waals surface area contributed by atoms with Crippen LogP contribution in [0.15, 0.2) is 48.5 Å². The van der Waals surface area contributed by atoms with Gasteiger partial charge in [0.05, 0.1) is 4.92 Å². The number of hydrogen-bond donors (Lipinski definition) is 1. The molecule has 2 amide bonds. The molecule has 0 saturated carbocycles. The number of hydrogen-bond acceptors (Lipinski definition) is 5. The van der Waals surface area contributed by atoms with Gasteiger partial charge in [0.2, 0.25) is 5.91 Å². The quantitative estimate of drug-likeness (QED) is 0.619. The molecule has 0 aliphatic carbocycles. The average molecular weight is 396 g/mol. The third-order valence-corrected chi connectivity index (χ3v) is 4.92. The zero-order chi connectivity index (χ0) is 21.0. The first-order valence-corrected chi connectivity index (χ1v) is 9.55. The minimum absolute atomic E-state index is 0.00452. The van der Waals surface area contributed by atoms with Crippen molar-refractivity contribution >= 4 is 28.9 Å². The van der Waals surface area contributed by atoms with Crippen molar-refractivity contribution in [3.8, 4) is 0 Å². The fourth-order valence-electron chi connectivity index (χ4n) is 3.33. The molecule has 8 heteroatoms. The predicted octanol–water partition coefficient (Wildman–Crippen LogP) is 3.15. The van der Waals surface area contributed by atoms with E-state index in [4.69, 9.17) is 0 Å². The van der Waals surface area contributed by atoms with Gasteiger partial charge in [-0.2, -0.15) is 0 Å². The van der Waals surface area contributed by atoms with Gasteiger partial charge in [-0.25, -0.2) is 0 Å². The summed E-state index contributed by atoms with van der Waals surface area (Å²) in [5, 5.41) is 13.8. The first-order chi connectivity index (χ1) is 13.9. The lowest BCUT2D eigenvalue weighted by Gasteiger charge is -2.37. The van der Waals surface area contributed by atoms with Gasteiger partial charge >= 0.3 is 0 Å². The van der Waals surface area contributed by atoms with Gasteiger partial charge < -0.3 is 15.1 Å². The first kappa shape index (κ1) is 20.3. The van der Waals surface area contributed by atoms with Gasteiger partial charge in [0.25, 0.3) is 11.6 Å². The number of benzene rings is 2. The van der Waals surface area contributed by atoms with Gasteiger partial charge in [0.1, 0.15) is 5.56 Å². The number of amides is 2. The van der Waals surface area contributed by atoms with Crippen LogP contribution in [0.1, 0.15) is 24.2 Å². The Bertz CT molecular complexity index is 903. The van der Waals surface area contributed by atoms with E-state index in [9.17, 15) is 19.7 Å². The maximum atomic E-state index is 12.4. The van der Waals surface area contributed by atoms with Crippen molar-refractivity contribution in [1.29, 1.82) is 0 Å². The Morgan fingerprint density at radius 3 is 2.21 bits per heavy atom. The number of nitrogens with zero attached hydrogens (tertiary/aromatic N) is 3. The minimum Gasteiger partial charge on any atom is -0.368 e. The Balaban J connectivity index is 1.62. The zero-order valence-corrected chi connectivity index (χ0v) is 16.5. The lowest BCUT2D eigenvalue weighted by molar-refractivity contribution is -0.385. The second-order valence-electron chi connectivity index (χ2n) is 7.24. The maximum Gasteiger partial charge on any atom is 0.282 e. The van der Waals surface area contributed by atoms with Crippen LogP contribution in [-0.4, -0.2) is 47.8 Å². The van der Waals surface area contributed by atoms with E-state index in [1.165, 1.54) is 18.2 Å². The predicted molar refractivity (Wildman–Crippen MR) is 111 cm³/mol. The van der Waals surface area contributed by atoms with E-state index in [1.54, 1.807) is 18.2 Å². The second kappa shape index (κ2) is 8.72. The smallest absolute Gasteiger partial charge is 0.282 e. The van der Waals surface area contributed by atoms with E-state index < -0.39 is 10.8 Å². The summed E-state index contributed by atoms with van der Waals surface area (Å²) in [7, 11) is 0. The number of nitro groups is 1. The zero-order valence-electron chi connectivity index (χ0n) is 16.5. The number of para-hydroxylation sites is 1. The van der Waals surface area contributed by atoms with E-state index in [2.05, 4.69) is 10.2 Å². The molecule has 1 heterocycles. The molecule has 0 unspecified atom stereocenters. The number of rotatable bonds is 5. The van der Waals surface area contributed by atoms with Crippen molar-refractivity contribution in [1.82, 2.24) is 4.90 Å². The van der Waals surface area contributed by atoms with Crippen molar-refractivity contribution in [2.75, 3.05) is 36.4 Å². The van der Waals surface area contributed by atoms with Gasteiger partial charge in [-0.3, -0.25) is 19.7 Å². The fraction of sp³-hybridized carbons (Fsp3) is 0.333. The third kappa shape index (κ3) is 4.71. The normalized spacial score (nSPS) is 14.0. The van der Waals surface area contributed by atoms with E-state index in [0.717, 1.165) is 18.8 Å². The number of carbonyl (C=O) groups excluding carboxylic acids is 2. The standard InChI is InChI=1S/C21H24N4O4/c1-15(2)21(27)24-13-11-23(12-14-24)17-9-7-16(8-10-17)22-20(26)18-5-3-4-6-19(18)25(28)29/h3-10,15H,11-14H2,1-2H3,(H,22,26). The summed E-state index contributed by atoms with van der Waals surface area (Å²) in [6.07, 6.45) is 0. The summed E-state index contributed by atoms with van der Waals surface area (Å²) in [5.41, 5.74) is 1.36. The van der Waals surface area contributed by atoms with Gasteiger partial charge in [-0.1, -0.05) is 26.0 Å². The van der Waals surface area contributed by atoms with Crippen molar-refractivity contribution in [2.24, 2.45) is 5.92 Å². The highest BCUT2D eigenvalue weighted by atomic mass is 16.6. The highest BCUT2D eigenvalue weighted by Gasteiger charge is 2.23. The van der Waals surface area contributed by atoms with Gasteiger partial charge in [0, 0.05) is 49.5 Å². The van der Waals surface area contributed by atoms with E-state index in [-0.39, 0.29) is 23.1 Å². The Morgan fingerprint density at radius 2 is 1.62 bits per heavy atom. The van der Waals surface area contributed by atoms with E-state index in [0.29, 0.717) is 18.8 Å². The van der Waals surface area contributed by atoms with Crippen LogP contribution >= 0.6 is 0 Å². The molecule has 1 aliphatic heterocycles. The summed E-state index contributed by atoms with van der Waals surface area (Å²) in [6.45, 7) is 6.69. The van der Waals surface area contributed by atoms with E-state index in [1.807, 2.05) is 30.9 Å². The van der Waals surface area contributed by atoms with Gasteiger partial charge in [0.15, 0.2) is 0 Å². The van der Waals surface area contributed by atoms with Crippen LogP contribution < -0.4 is 10.2 Å². The molecule has 0 aromatic heterocycles. The lowest BCUT2D eigenvalue weighted by atomic mass is 10.1. The molecular weight excluding hydrogens is 372 g/mol. The van der Waals surface area contributed by atoms with Crippen molar-refractivity contribution < 1.29 is 14.5 Å². The monoisotopic (exact) mass is 396 g/mol. The van der Waals surface area contributed by atoms with Crippen LogP contribution in [0.2, 0.25) is 0 Å². The largest absolute Gasteiger partial charge is 0.368 e. The van der Waals surface area contributed by atoms with Crippen molar-refractivity contribution in [3.05, 3.63) is 64.2 Å². The molecule has 0 spiro atoms. The second-order valence-corrected chi connectivity index (χ2v) is 7.24. The lowest BCUT2D eigenvalue weighted by Crippen LogP contribution is -2.49. The molecular formula is C21H24N4O4. The fourth-order valence-corrected chi connectivity index (χ4v) is 3.33. The molecule has 1 saturated heterocycles. The van der Waals surface area contributed by atoms with Gasteiger partial charge in [-0.15, -0.1) is 0 Å². The minimum atomic E-state index is -0.568. The molecule has 1 aliphatic rings. The molecule has 2 aromatic carbocycles. The number of anilines is 2. The van der Waals surface area contributed by atoms with Crippen LogP contribution in [-0.2, 0) is 4.79 Å². The van der Waals surface area contributed by atoms with Gasteiger partial charge in [-0.05, 0) is 30.3 Å². The first-order valence-electron chi connectivity index (χ1n) is 9.55. The Kier molecular flexibility index (Phi) is 6.11. The molecule has 1 N–H and O–H groups in total. The summed E-state index contributed by atoms with van der Waals surface area (Å²) in [5.74, 6) is -0.339. The highest BCUT2D eigenvalue weighted by molar-refractivity contribution is 6.07. The third-order valence-electron chi connectivity index (χ3n) is 4.92. The molecule has 3 rings (SSSR count). The van der Waals surface area contributed by atoms with Crippen LogP contribution in [0, 0.1) is 16.0 Å². The molecule has 0 bridgehead atoms. The molecule has 0 radical (unpaired) electrons. The van der Waals surface area contributed by atoms with Crippen molar-refractivity contribution in [3.63, 3.8) is 0 Å². The number of carbonyl (C=O) groups is 2. The Labute approximate surface area is 169 Å². The molecule has 1 fully saturated rings. The van der Waals surface area contributed by atoms with E-state index >= 15 is 0 Å². The summed E-state index contributed by atoms with van der Waals surface area (Å²) < 4.78 is 0. The Morgan fingerprint density at radius 1 is 1.00 bits per heavy atom. The maximum absolute atomic E-state index is 12.4.